The van der Waals surface area contributed by atoms with Crippen LogP contribution in [0, 0.1) is 0 Å². The Bertz CT molecular complexity index is 728. The third-order valence-corrected chi connectivity index (χ3v) is 3.39. The van der Waals surface area contributed by atoms with Gasteiger partial charge in [0.25, 0.3) is 0 Å². The summed E-state index contributed by atoms with van der Waals surface area (Å²) in [7, 11) is 0. The topological polar surface area (TPSA) is 110 Å². The van der Waals surface area contributed by atoms with E-state index in [9.17, 15) is 14.7 Å². The predicted molar refractivity (Wildman–Crippen MR) is 82.7 cm³/mol. The van der Waals surface area contributed by atoms with Gasteiger partial charge in [-0.05, 0) is 18.2 Å². The van der Waals surface area contributed by atoms with Crippen LogP contribution >= 0.6 is 0 Å². The lowest BCUT2D eigenvalue weighted by Crippen LogP contribution is -2.37. The van der Waals surface area contributed by atoms with Crippen LogP contribution in [0.25, 0.3) is 0 Å². The minimum absolute atomic E-state index is 0.104. The molecule has 1 aromatic heterocycles. The standard InChI is InChI=1S/C16H16N2O6/c19-12(10-3-4-22-9-10)8-17-15(20)16(21)18-11-1-2-13-14(7-11)24-6-5-23-13/h1-4,7,9,12,19H,5-6,8H2,(H,17,20)(H,18,21). The quantitative estimate of drug-likeness (QED) is 0.716. The second-order valence-electron chi connectivity index (χ2n) is 5.10. The van der Waals surface area contributed by atoms with Crippen molar-refractivity contribution in [2.24, 2.45) is 0 Å². The third-order valence-electron chi connectivity index (χ3n) is 3.39. The summed E-state index contributed by atoms with van der Waals surface area (Å²) in [6.07, 6.45) is 1.83. The van der Waals surface area contributed by atoms with Gasteiger partial charge in [-0.2, -0.15) is 0 Å². The summed E-state index contributed by atoms with van der Waals surface area (Å²) < 4.78 is 15.6. The van der Waals surface area contributed by atoms with Crippen molar-refractivity contribution < 1.29 is 28.6 Å². The zero-order valence-electron chi connectivity index (χ0n) is 12.7. The van der Waals surface area contributed by atoms with E-state index in [0.29, 0.717) is 36.0 Å². The molecule has 0 saturated carbocycles. The van der Waals surface area contributed by atoms with Crippen molar-refractivity contribution in [1.82, 2.24) is 5.32 Å². The highest BCUT2D eigenvalue weighted by Crippen LogP contribution is 2.32. The number of furan rings is 1. The van der Waals surface area contributed by atoms with Gasteiger partial charge in [0.2, 0.25) is 0 Å². The number of hydrogen-bond acceptors (Lipinski definition) is 6. The highest BCUT2D eigenvalue weighted by Gasteiger charge is 2.18. The van der Waals surface area contributed by atoms with Gasteiger partial charge in [-0.3, -0.25) is 9.59 Å². The maximum absolute atomic E-state index is 11.9. The molecule has 0 bridgehead atoms. The van der Waals surface area contributed by atoms with Crippen molar-refractivity contribution in [2.75, 3.05) is 25.1 Å². The van der Waals surface area contributed by atoms with Crippen LogP contribution in [0.1, 0.15) is 11.7 Å². The van der Waals surface area contributed by atoms with Gasteiger partial charge < -0.3 is 29.6 Å². The lowest BCUT2D eigenvalue weighted by atomic mass is 10.2. The number of aliphatic hydroxyl groups is 1. The largest absolute Gasteiger partial charge is 0.486 e. The van der Waals surface area contributed by atoms with E-state index in [-0.39, 0.29) is 6.54 Å². The Hall–Kier alpha value is -3.00. The van der Waals surface area contributed by atoms with E-state index in [4.69, 9.17) is 13.9 Å². The fraction of sp³-hybridized carbons (Fsp3) is 0.250. The van der Waals surface area contributed by atoms with Crippen molar-refractivity contribution >= 4 is 17.5 Å². The molecule has 2 heterocycles. The fourth-order valence-electron chi connectivity index (χ4n) is 2.16. The summed E-state index contributed by atoms with van der Waals surface area (Å²) >= 11 is 0. The number of aliphatic hydroxyl groups excluding tert-OH is 1. The molecule has 1 unspecified atom stereocenters. The van der Waals surface area contributed by atoms with Gasteiger partial charge in [0, 0.05) is 23.9 Å². The Labute approximate surface area is 137 Å². The monoisotopic (exact) mass is 332 g/mol. The number of carbonyl (C=O) groups is 2. The number of hydrogen-bond donors (Lipinski definition) is 3. The second kappa shape index (κ2) is 7.05. The average Bonchev–Trinajstić information content (AvgIpc) is 3.14. The van der Waals surface area contributed by atoms with Crippen molar-refractivity contribution in [3.05, 3.63) is 42.4 Å². The Kier molecular flexibility index (Phi) is 4.66. The van der Waals surface area contributed by atoms with Crippen molar-refractivity contribution in [3.8, 4) is 11.5 Å². The Morgan fingerprint density at radius 1 is 1.12 bits per heavy atom. The van der Waals surface area contributed by atoms with Crippen molar-refractivity contribution in [1.29, 1.82) is 0 Å². The third kappa shape index (κ3) is 3.66. The number of amides is 2. The molecule has 0 aliphatic carbocycles. The van der Waals surface area contributed by atoms with Gasteiger partial charge in [-0.15, -0.1) is 0 Å². The summed E-state index contributed by atoms with van der Waals surface area (Å²) in [5.41, 5.74) is 0.928. The maximum Gasteiger partial charge on any atom is 0.313 e. The van der Waals surface area contributed by atoms with Crippen LogP contribution < -0.4 is 20.1 Å². The van der Waals surface area contributed by atoms with E-state index in [1.807, 2.05) is 0 Å². The van der Waals surface area contributed by atoms with Crippen LogP contribution in [-0.4, -0.2) is 36.7 Å². The van der Waals surface area contributed by atoms with Gasteiger partial charge in [0.05, 0.1) is 18.6 Å². The molecule has 0 spiro atoms. The Morgan fingerprint density at radius 2 is 1.92 bits per heavy atom. The Balaban J connectivity index is 1.53. The van der Waals surface area contributed by atoms with E-state index in [2.05, 4.69) is 10.6 Å². The molecule has 1 aromatic carbocycles. The molecular weight excluding hydrogens is 316 g/mol. The molecule has 1 aliphatic rings. The molecule has 2 amide bonds. The molecule has 1 aliphatic heterocycles. The van der Waals surface area contributed by atoms with E-state index < -0.39 is 17.9 Å². The first-order valence-corrected chi connectivity index (χ1v) is 7.32. The van der Waals surface area contributed by atoms with Crippen molar-refractivity contribution in [3.63, 3.8) is 0 Å². The van der Waals surface area contributed by atoms with Crippen LogP contribution in [-0.2, 0) is 9.59 Å². The van der Waals surface area contributed by atoms with Crippen LogP contribution in [0.2, 0.25) is 0 Å². The molecular formula is C16H16N2O6. The summed E-state index contributed by atoms with van der Waals surface area (Å²) in [6, 6.07) is 6.43. The molecule has 0 fully saturated rings. The van der Waals surface area contributed by atoms with E-state index in [1.165, 1.54) is 12.5 Å². The first kappa shape index (κ1) is 15.9. The van der Waals surface area contributed by atoms with Crippen molar-refractivity contribution in [2.45, 2.75) is 6.10 Å². The zero-order chi connectivity index (χ0) is 16.9. The normalized spacial score (nSPS) is 13.9. The number of ether oxygens (including phenoxy) is 2. The minimum atomic E-state index is -0.949. The number of anilines is 1. The predicted octanol–water partition coefficient (Wildman–Crippen LogP) is 0.839. The molecule has 24 heavy (non-hydrogen) atoms. The molecule has 0 saturated heterocycles. The number of nitrogens with one attached hydrogen (secondary N) is 2. The summed E-state index contributed by atoms with van der Waals surface area (Å²) in [4.78, 5) is 23.7. The highest BCUT2D eigenvalue weighted by atomic mass is 16.6. The number of carbonyl (C=O) groups excluding carboxylic acids is 2. The molecule has 3 rings (SSSR count). The van der Waals surface area contributed by atoms with Crippen LogP contribution in [0.15, 0.2) is 41.2 Å². The number of fused-ring (bicyclic) bond motifs is 1. The van der Waals surface area contributed by atoms with Crippen LogP contribution in [0.5, 0.6) is 11.5 Å². The summed E-state index contributed by atoms with van der Waals surface area (Å²) in [5, 5.41) is 14.6. The second-order valence-corrected chi connectivity index (χ2v) is 5.10. The first-order valence-electron chi connectivity index (χ1n) is 7.32. The SMILES string of the molecule is O=C(NCC(O)c1ccoc1)C(=O)Nc1ccc2c(c1)OCCO2. The minimum Gasteiger partial charge on any atom is -0.486 e. The Morgan fingerprint density at radius 3 is 2.67 bits per heavy atom. The molecule has 8 nitrogen and oxygen atoms in total. The molecule has 1 atom stereocenters. The van der Waals surface area contributed by atoms with Crippen LogP contribution in [0.3, 0.4) is 0 Å². The molecule has 0 radical (unpaired) electrons. The van der Waals surface area contributed by atoms with Gasteiger partial charge in [-0.25, -0.2) is 0 Å². The highest BCUT2D eigenvalue weighted by molar-refractivity contribution is 6.39. The molecule has 3 N–H and O–H groups in total. The fourth-order valence-corrected chi connectivity index (χ4v) is 2.16. The van der Waals surface area contributed by atoms with Gasteiger partial charge >= 0.3 is 11.8 Å². The lowest BCUT2D eigenvalue weighted by Gasteiger charge is -2.19. The molecule has 126 valence electrons. The van der Waals surface area contributed by atoms with E-state index in [1.54, 1.807) is 24.3 Å². The molecule has 2 aromatic rings. The van der Waals surface area contributed by atoms with Gasteiger partial charge in [0.15, 0.2) is 11.5 Å². The summed E-state index contributed by atoms with van der Waals surface area (Å²) in [5.74, 6) is -0.597. The summed E-state index contributed by atoms with van der Waals surface area (Å²) in [6.45, 7) is 0.795. The molecule has 8 heteroatoms. The van der Waals surface area contributed by atoms with Gasteiger partial charge in [0.1, 0.15) is 13.2 Å². The number of rotatable bonds is 4. The lowest BCUT2D eigenvalue weighted by molar-refractivity contribution is -0.136. The van der Waals surface area contributed by atoms with E-state index >= 15 is 0 Å². The number of benzene rings is 1. The van der Waals surface area contributed by atoms with Crippen LogP contribution in [0.4, 0.5) is 5.69 Å². The van der Waals surface area contributed by atoms with E-state index in [0.717, 1.165) is 0 Å². The maximum atomic E-state index is 11.9. The first-order chi connectivity index (χ1) is 11.6. The smallest absolute Gasteiger partial charge is 0.313 e. The average molecular weight is 332 g/mol. The zero-order valence-corrected chi connectivity index (χ0v) is 12.7. The van der Waals surface area contributed by atoms with Gasteiger partial charge in [-0.1, -0.05) is 0 Å².